The first-order valence-electron chi connectivity index (χ1n) is 8.09. The van der Waals surface area contributed by atoms with E-state index in [2.05, 4.69) is 15.5 Å². The summed E-state index contributed by atoms with van der Waals surface area (Å²) in [4.78, 5) is 14.7. The van der Waals surface area contributed by atoms with Gasteiger partial charge in [0.25, 0.3) is 0 Å². The van der Waals surface area contributed by atoms with Crippen LogP contribution in [0.3, 0.4) is 0 Å². The molecule has 2 atom stereocenters. The Labute approximate surface area is 145 Å². The minimum Gasteiger partial charge on any atom is -0.494 e. The molecule has 1 aromatic rings. The third kappa shape index (κ3) is 5.68. The minimum absolute atomic E-state index is 0. The summed E-state index contributed by atoms with van der Waals surface area (Å²) in [6.45, 7) is 6.48. The van der Waals surface area contributed by atoms with Crippen molar-refractivity contribution in [1.82, 2.24) is 10.2 Å². The van der Waals surface area contributed by atoms with Gasteiger partial charge < -0.3 is 15.4 Å². The van der Waals surface area contributed by atoms with Gasteiger partial charge in [-0.25, -0.2) is 0 Å². The highest BCUT2D eigenvalue weighted by molar-refractivity contribution is 5.94. The molecule has 1 aliphatic heterocycles. The van der Waals surface area contributed by atoms with E-state index in [9.17, 15) is 4.79 Å². The van der Waals surface area contributed by atoms with Crippen LogP contribution in [0.4, 0.5) is 5.69 Å². The number of benzene rings is 1. The van der Waals surface area contributed by atoms with Crippen LogP contribution in [0.15, 0.2) is 24.3 Å². The number of nitrogens with one attached hydrogen (secondary N) is 2. The number of likely N-dealkylation sites (N-methyl/N-ethyl adjacent to an activating group) is 1. The average molecular weight is 342 g/mol. The first kappa shape index (κ1) is 19.7. The van der Waals surface area contributed by atoms with Crippen molar-refractivity contribution < 1.29 is 9.53 Å². The van der Waals surface area contributed by atoms with Crippen LogP contribution in [0.25, 0.3) is 0 Å². The van der Waals surface area contributed by atoms with Crippen molar-refractivity contribution in [2.24, 2.45) is 0 Å². The Balaban J connectivity index is 0.00000264. The number of carbonyl (C=O) groups is 1. The van der Waals surface area contributed by atoms with Crippen LogP contribution in [-0.4, -0.2) is 49.6 Å². The van der Waals surface area contributed by atoms with E-state index in [0.717, 1.165) is 30.9 Å². The van der Waals surface area contributed by atoms with Crippen molar-refractivity contribution in [2.45, 2.75) is 38.8 Å². The van der Waals surface area contributed by atoms with Gasteiger partial charge in [0.2, 0.25) is 5.91 Å². The molecule has 5 nitrogen and oxygen atoms in total. The molecular weight excluding hydrogens is 314 g/mol. The highest BCUT2D eigenvalue weighted by atomic mass is 35.5. The number of carbonyl (C=O) groups excluding carboxylic acids is 1. The third-order valence-corrected chi connectivity index (χ3v) is 4.22. The van der Waals surface area contributed by atoms with Crippen molar-refractivity contribution in [3.05, 3.63) is 24.3 Å². The molecule has 2 N–H and O–H groups in total. The monoisotopic (exact) mass is 341 g/mol. The van der Waals surface area contributed by atoms with Crippen molar-refractivity contribution in [1.29, 1.82) is 0 Å². The molecule has 0 aromatic heterocycles. The molecule has 6 heteroatoms. The van der Waals surface area contributed by atoms with Crippen molar-refractivity contribution >= 4 is 24.0 Å². The van der Waals surface area contributed by atoms with Gasteiger partial charge in [-0.3, -0.25) is 9.69 Å². The summed E-state index contributed by atoms with van der Waals surface area (Å²) in [5.74, 6) is 0.863. The van der Waals surface area contributed by atoms with Crippen LogP contribution in [0.1, 0.15) is 26.7 Å². The molecule has 0 bridgehead atoms. The Bertz CT molecular complexity index is 481. The van der Waals surface area contributed by atoms with Gasteiger partial charge >= 0.3 is 0 Å². The Morgan fingerprint density at radius 3 is 2.70 bits per heavy atom. The summed E-state index contributed by atoms with van der Waals surface area (Å²) in [5, 5.41) is 6.29. The van der Waals surface area contributed by atoms with Crippen molar-refractivity contribution in [3.63, 3.8) is 0 Å². The summed E-state index contributed by atoms with van der Waals surface area (Å²) in [5.41, 5.74) is 0.808. The first-order valence-corrected chi connectivity index (χ1v) is 8.09. The highest BCUT2D eigenvalue weighted by Gasteiger charge is 2.26. The Hall–Kier alpha value is -1.30. The molecule has 1 amide bonds. The van der Waals surface area contributed by atoms with Gasteiger partial charge in [0, 0.05) is 18.3 Å². The van der Waals surface area contributed by atoms with Gasteiger partial charge in [0.05, 0.1) is 12.6 Å². The van der Waals surface area contributed by atoms with E-state index in [0.29, 0.717) is 12.6 Å². The molecule has 2 rings (SSSR count). The first-order chi connectivity index (χ1) is 10.6. The second-order valence-corrected chi connectivity index (χ2v) is 5.75. The Kier molecular flexibility index (Phi) is 8.37. The van der Waals surface area contributed by atoms with E-state index < -0.39 is 0 Å². The molecule has 0 aliphatic carbocycles. The molecule has 0 saturated carbocycles. The highest BCUT2D eigenvalue weighted by Crippen LogP contribution is 2.17. The zero-order chi connectivity index (χ0) is 15.9. The summed E-state index contributed by atoms with van der Waals surface area (Å²) >= 11 is 0. The van der Waals surface area contributed by atoms with Gasteiger partial charge in [0.1, 0.15) is 5.75 Å². The van der Waals surface area contributed by atoms with E-state index in [4.69, 9.17) is 4.74 Å². The molecule has 0 radical (unpaired) electrons. The number of likely N-dealkylation sites (tertiary alicyclic amines) is 1. The fourth-order valence-corrected chi connectivity index (χ4v) is 2.81. The molecule has 1 heterocycles. The van der Waals surface area contributed by atoms with E-state index in [-0.39, 0.29) is 24.4 Å². The molecule has 1 saturated heterocycles. The minimum atomic E-state index is -0.122. The molecule has 23 heavy (non-hydrogen) atoms. The normalized spacial score (nSPS) is 19.5. The van der Waals surface area contributed by atoms with E-state index in [1.165, 1.54) is 6.42 Å². The van der Waals surface area contributed by atoms with Gasteiger partial charge in [0.15, 0.2) is 0 Å². The summed E-state index contributed by atoms with van der Waals surface area (Å²) in [6, 6.07) is 7.87. The number of rotatable bonds is 6. The maximum absolute atomic E-state index is 12.4. The molecule has 1 aromatic carbocycles. The summed E-state index contributed by atoms with van der Waals surface area (Å²) in [6.07, 6.45) is 2.31. The van der Waals surface area contributed by atoms with Crippen LogP contribution >= 0.6 is 12.4 Å². The van der Waals surface area contributed by atoms with Crippen molar-refractivity contribution in [3.8, 4) is 5.75 Å². The molecule has 0 spiro atoms. The molecule has 1 aliphatic rings. The zero-order valence-electron chi connectivity index (χ0n) is 14.2. The predicted octanol–water partition coefficient (Wildman–Crippen LogP) is 2.52. The topological polar surface area (TPSA) is 53.6 Å². The fourth-order valence-electron chi connectivity index (χ4n) is 2.81. The quantitative estimate of drug-likeness (QED) is 0.834. The fraction of sp³-hybridized carbons (Fsp3) is 0.588. The maximum Gasteiger partial charge on any atom is 0.241 e. The lowest BCUT2D eigenvalue weighted by Gasteiger charge is -2.35. The van der Waals surface area contributed by atoms with Gasteiger partial charge in [-0.2, -0.15) is 0 Å². The Morgan fingerprint density at radius 1 is 1.39 bits per heavy atom. The molecular formula is C17H28ClN3O2. The number of hydrogen-bond acceptors (Lipinski definition) is 4. The van der Waals surface area contributed by atoms with Gasteiger partial charge in [-0.1, -0.05) is 0 Å². The van der Waals surface area contributed by atoms with Crippen LogP contribution in [0, 0.1) is 0 Å². The SMILES string of the molecule is CCOc1ccc(NC(=O)C(C)N2CCCC(NC)C2)cc1.Cl. The number of halogens is 1. The maximum atomic E-state index is 12.4. The second-order valence-electron chi connectivity index (χ2n) is 5.75. The average Bonchev–Trinajstić information content (AvgIpc) is 2.56. The van der Waals surface area contributed by atoms with Gasteiger partial charge in [-0.05, 0) is 64.5 Å². The van der Waals surface area contributed by atoms with E-state index in [1.807, 2.05) is 45.2 Å². The molecule has 130 valence electrons. The lowest BCUT2D eigenvalue weighted by molar-refractivity contribution is -0.121. The third-order valence-electron chi connectivity index (χ3n) is 4.22. The lowest BCUT2D eigenvalue weighted by atomic mass is 10.0. The number of anilines is 1. The second kappa shape index (κ2) is 9.75. The zero-order valence-corrected chi connectivity index (χ0v) is 15.0. The van der Waals surface area contributed by atoms with Crippen LogP contribution in [0.5, 0.6) is 5.75 Å². The van der Waals surface area contributed by atoms with Crippen molar-refractivity contribution in [2.75, 3.05) is 32.1 Å². The number of amides is 1. The smallest absolute Gasteiger partial charge is 0.241 e. The van der Waals surface area contributed by atoms with Crippen LogP contribution in [0.2, 0.25) is 0 Å². The summed E-state index contributed by atoms with van der Waals surface area (Å²) < 4.78 is 5.40. The number of piperidine rings is 1. The van der Waals surface area contributed by atoms with E-state index >= 15 is 0 Å². The lowest BCUT2D eigenvalue weighted by Crippen LogP contribution is -2.51. The predicted molar refractivity (Wildman–Crippen MR) is 96.6 cm³/mol. The standard InChI is InChI=1S/C17H27N3O2.ClH/c1-4-22-16-9-7-14(8-10-16)19-17(21)13(2)20-11-5-6-15(12-20)18-3;/h7-10,13,15,18H,4-6,11-12H2,1-3H3,(H,19,21);1H. The van der Waals surface area contributed by atoms with Crippen LogP contribution in [-0.2, 0) is 4.79 Å². The Morgan fingerprint density at radius 2 is 2.09 bits per heavy atom. The van der Waals surface area contributed by atoms with E-state index in [1.54, 1.807) is 0 Å². The number of ether oxygens (including phenoxy) is 1. The van der Waals surface area contributed by atoms with Gasteiger partial charge in [-0.15, -0.1) is 12.4 Å². The number of hydrogen-bond donors (Lipinski definition) is 2. The number of nitrogens with zero attached hydrogens (tertiary/aromatic N) is 1. The largest absolute Gasteiger partial charge is 0.494 e. The molecule has 2 unspecified atom stereocenters. The summed E-state index contributed by atoms with van der Waals surface area (Å²) in [7, 11) is 1.98. The van der Waals surface area contributed by atoms with Crippen LogP contribution < -0.4 is 15.4 Å². The molecule has 1 fully saturated rings.